The van der Waals surface area contributed by atoms with Gasteiger partial charge in [0.15, 0.2) is 0 Å². The van der Waals surface area contributed by atoms with Gasteiger partial charge in [0, 0.05) is 30.2 Å². The van der Waals surface area contributed by atoms with Gasteiger partial charge in [-0.15, -0.1) is 0 Å². The zero-order chi connectivity index (χ0) is 23.0. The van der Waals surface area contributed by atoms with Crippen LogP contribution in [0.5, 0.6) is 11.5 Å². The summed E-state index contributed by atoms with van der Waals surface area (Å²) in [5, 5.41) is 0. The molecule has 0 bridgehead atoms. The number of hydrogen-bond acceptors (Lipinski definition) is 3. The number of hydrogen-bond donors (Lipinski definition) is 0. The Morgan fingerprint density at radius 1 is 1.16 bits per heavy atom. The van der Waals surface area contributed by atoms with Gasteiger partial charge in [0.2, 0.25) is 8.32 Å². The van der Waals surface area contributed by atoms with E-state index in [1.54, 1.807) is 0 Å². The number of ketones is 1. The number of benzene rings is 1. The summed E-state index contributed by atoms with van der Waals surface area (Å²) in [5.41, 5.74) is 2.25. The third kappa shape index (κ3) is 5.56. The van der Waals surface area contributed by atoms with Crippen molar-refractivity contribution < 1.29 is 14.0 Å². The first-order valence-electron chi connectivity index (χ1n) is 12.4. The van der Waals surface area contributed by atoms with Gasteiger partial charge in [-0.05, 0) is 69.4 Å². The Bertz CT molecular complexity index is 803. The van der Waals surface area contributed by atoms with E-state index in [-0.39, 0.29) is 16.9 Å². The highest BCUT2D eigenvalue weighted by Gasteiger charge is 2.48. The highest BCUT2D eigenvalue weighted by molar-refractivity contribution is 6.70. The van der Waals surface area contributed by atoms with Gasteiger partial charge in [-0.3, -0.25) is 4.79 Å². The number of carbonyl (C=O) groups is 1. The lowest BCUT2D eigenvalue weighted by molar-refractivity contribution is -0.124. The molecule has 174 valence electrons. The average molecular weight is 445 g/mol. The zero-order valence-corrected chi connectivity index (χ0v) is 22.2. The van der Waals surface area contributed by atoms with Gasteiger partial charge in [0.05, 0.1) is 0 Å². The molecule has 1 aromatic carbocycles. The van der Waals surface area contributed by atoms with Crippen molar-refractivity contribution >= 4 is 14.1 Å². The Morgan fingerprint density at radius 2 is 1.87 bits per heavy atom. The molecule has 0 spiro atoms. The molecule has 2 aliphatic rings. The van der Waals surface area contributed by atoms with Crippen LogP contribution in [0.1, 0.15) is 103 Å². The number of fused-ring (bicyclic) bond motifs is 3. The summed E-state index contributed by atoms with van der Waals surface area (Å²) >= 11 is 0. The number of unbranched alkanes of at least 4 members (excludes halogenated alkanes) is 3. The first kappa shape index (κ1) is 24.4. The Balaban J connectivity index is 2.06. The predicted octanol–water partition coefficient (Wildman–Crippen LogP) is 7.77. The Kier molecular flexibility index (Phi) is 7.01. The largest absolute Gasteiger partial charge is 0.544 e. The lowest BCUT2D eigenvalue weighted by Crippen LogP contribution is -2.47. The molecule has 1 fully saturated rings. The van der Waals surface area contributed by atoms with Crippen molar-refractivity contribution in [1.82, 2.24) is 0 Å². The van der Waals surface area contributed by atoms with Crippen molar-refractivity contribution in [2.75, 3.05) is 0 Å². The van der Waals surface area contributed by atoms with Crippen LogP contribution < -0.4 is 9.16 Å². The van der Waals surface area contributed by atoms with Crippen LogP contribution in [0.4, 0.5) is 0 Å². The van der Waals surface area contributed by atoms with Crippen LogP contribution in [0.3, 0.4) is 0 Å². The van der Waals surface area contributed by atoms with Crippen LogP contribution in [0.25, 0.3) is 0 Å². The predicted molar refractivity (Wildman–Crippen MR) is 132 cm³/mol. The van der Waals surface area contributed by atoms with E-state index in [9.17, 15) is 4.79 Å². The van der Waals surface area contributed by atoms with E-state index in [2.05, 4.69) is 66.4 Å². The summed E-state index contributed by atoms with van der Waals surface area (Å²) in [4.78, 5) is 12.5. The quantitative estimate of drug-likeness (QED) is 0.303. The fraction of sp³-hybridized carbons (Fsp3) is 0.741. The maximum absolute atomic E-state index is 12.5. The minimum absolute atomic E-state index is 0.0626. The molecule has 1 saturated carbocycles. The monoisotopic (exact) mass is 444 g/mol. The van der Waals surface area contributed by atoms with Crippen LogP contribution >= 0.6 is 0 Å². The van der Waals surface area contributed by atoms with E-state index in [1.807, 2.05) is 0 Å². The second-order valence-corrected chi connectivity index (χ2v) is 16.4. The highest BCUT2D eigenvalue weighted by atomic mass is 28.4. The third-order valence-corrected chi connectivity index (χ3v) is 8.09. The molecule has 3 nitrogen and oxygen atoms in total. The summed E-state index contributed by atoms with van der Waals surface area (Å²) in [6.07, 6.45) is 8.46. The summed E-state index contributed by atoms with van der Waals surface area (Å²) < 4.78 is 13.4. The van der Waals surface area contributed by atoms with Crippen LogP contribution in [0.2, 0.25) is 19.6 Å². The number of Topliss-reactive ketones (excluding diaryl/α,β-unsaturated/α-hetero) is 1. The highest BCUT2D eigenvalue weighted by Crippen LogP contribution is 2.55. The molecule has 0 saturated heterocycles. The van der Waals surface area contributed by atoms with Crippen molar-refractivity contribution in [3.8, 4) is 11.5 Å². The number of rotatable bonds is 8. The molecule has 2 atom stereocenters. The maximum atomic E-state index is 12.5. The number of ether oxygens (including phenoxy) is 1. The normalized spacial score (nSPS) is 23.0. The maximum Gasteiger partial charge on any atom is 0.242 e. The molecule has 0 radical (unpaired) electrons. The smallest absolute Gasteiger partial charge is 0.242 e. The van der Waals surface area contributed by atoms with Crippen LogP contribution in [0, 0.1) is 5.92 Å². The van der Waals surface area contributed by atoms with Crippen LogP contribution in [0.15, 0.2) is 12.1 Å². The van der Waals surface area contributed by atoms with Gasteiger partial charge >= 0.3 is 0 Å². The SMILES string of the molecule is CCCCCCC(C)(C)c1cc2c(c(O[Si](C)(C)C)c1)C1CC(=O)CCC1C(C)(C)O2. The van der Waals surface area contributed by atoms with Crippen LogP contribution in [-0.4, -0.2) is 19.7 Å². The molecule has 2 unspecified atom stereocenters. The van der Waals surface area contributed by atoms with Crippen LogP contribution in [-0.2, 0) is 10.2 Å². The van der Waals surface area contributed by atoms with Crippen molar-refractivity contribution in [3.63, 3.8) is 0 Å². The molecule has 1 aromatic rings. The molecular formula is C27H44O3Si. The topological polar surface area (TPSA) is 35.5 Å². The van der Waals surface area contributed by atoms with E-state index in [1.165, 1.54) is 31.2 Å². The van der Waals surface area contributed by atoms with Gasteiger partial charge in [0.25, 0.3) is 0 Å². The Hall–Kier alpha value is -1.29. The first-order chi connectivity index (χ1) is 14.3. The molecular weight excluding hydrogens is 400 g/mol. The van der Waals surface area contributed by atoms with Crippen molar-refractivity contribution in [3.05, 3.63) is 23.3 Å². The molecule has 0 amide bonds. The molecule has 1 aliphatic heterocycles. The minimum atomic E-state index is -1.83. The van der Waals surface area contributed by atoms with E-state index in [0.29, 0.717) is 24.5 Å². The fourth-order valence-corrected chi connectivity index (χ4v) is 6.32. The van der Waals surface area contributed by atoms with E-state index >= 15 is 0 Å². The Morgan fingerprint density at radius 3 is 2.52 bits per heavy atom. The summed E-state index contributed by atoms with van der Waals surface area (Å²) in [5.74, 6) is 2.87. The van der Waals surface area contributed by atoms with Gasteiger partial charge in [-0.1, -0.05) is 46.5 Å². The Labute approximate surface area is 191 Å². The van der Waals surface area contributed by atoms with E-state index in [0.717, 1.165) is 29.9 Å². The molecule has 3 rings (SSSR count). The molecule has 1 heterocycles. The second kappa shape index (κ2) is 8.92. The van der Waals surface area contributed by atoms with E-state index < -0.39 is 8.32 Å². The minimum Gasteiger partial charge on any atom is -0.544 e. The summed E-state index contributed by atoms with van der Waals surface area (Å²) in [6.45, 7) is 18.1. The summed E-state index contributed by atoms with van der Waals surface area (Å²) in [6, 6.07) is 4.55. The van der Waals surface area contributed by atoms with Crippen molar-refractivity contribution in [2.45, 2.75) is 123 Å². The van der Waals surface area contributed by atoms with Gasteiger partial charge < -0.3 is 9.16 Å². The molecule has 1 aliphatic carbocycles. The molecule has 4 heteroatoms. The van der Waals surface area contributed by atoms with Gasteiger partial charge in [-0.25, -0.2) is 0 Å². The van der Waals surface area contributed by atoms with Crippen molar-refractivity contribution in [2.24, 2.45) is 5.92 Å². The lowest BCUT2D eigenvalue weighted by Gasteiger charge is -2.48. The average Bonchev–Trinajstić information content (AvgIpc) is 2.62. The number of carbonyl (C=O) groups excluding carboxylic acids is 1. The van der Waals surface area contributed by atoms with E-state index in [4.69, 9.17) is 9.16 Å². The summed E-state index contributed by atoms with van der Waals surface area (Å²) in [7, 11) is -1.83. The standard InChI is InChI=1S/C27H44O3Si/c1-9-10-11-12-15-26(2,3)19-16-23-25(24(17-19)30-31(6,7)8)21-18-20(28)13-14-22(21)27(4,5)29-23/h16-17,21-22H,9-15,18H2,1-8H3. The van der Waals surface area contributed by atoms with Gasteiger partial charge in [-0.2, -0.15) is 0 Å². The molecule has 31 heavy (non-hydrogen) atoms. The van der Waals surface area contributed by atoms with Gasteiger partial charge in [0.1, 0.15) is 22.9 Å². The fourth-order valence-electron chi connectivity index (χ4n) is 5.50. The van der Waals surface area contributed by atoms with Crippen molar-refractivity contribution in [1.29, 1.82) is 0 Å². The lowest BCUT2D eigenvalue weighted by atomic mass is 9.66. The molecule has 0 aromatic heterocycles. The zero-order valence-electron chi connectivity index (χ0n) is 21.2. The molecule has 0 N–H and O–H groups in total. The second-order valence-electron chi connectivity index (χ2n) is 12.0. The third-order valence-electron chi connectivity index (χ3n) is 7.26. The first-order valence-corrected chi connectivity index (χ1v) is 15.8.